The van der Waals surface area contributed by atoms with Crippen LogP contribution in [0, 0.1) is 25.7 Å². The Balaban J connectivity index is 2.31. The third kappa shape index (κ3) is 3.85. The molecule has 0 bridgehead atoms. The molecule has 6 heteroatoms. The van der Waals surface area contributed by atoms with E-state index in [9.17, 15) is 8.42 Å². The minimum absolute atomic E-state index is 0.268. The lowest BCUT2D eigenvalue weighted by molar-refractivity contribution is 0.603. The second kappa shape index (κ2) is 6.31. The lowest BCUT2D eigenvalue weighted by Crippen LogP contribution is -2.11. The number of nitrogens with one attached hydrogen (secondary N) is 1. The number of rotatable bonds is 3. The molecule has 0 aliphatic rings. The van der Waals surface area contributed by atoms with Crippen molar-refractivity contribution in [1.29, 1.82) is 0 Å². The molecule has 0 atom stereocenters. The highest BCUT2D eigenvalue weighted by molar-refractivity contribution is 7.94. The van der Waals surface area contributed by atoms with E-state index in [0.29, 0.717) is 9.90 Å². The van der Waals surface area contributed by atoms with Gasteiger partial charge in [0, 0.05) is 10.4 Å². The number of aryl methyl sites for hydroxylation is 2. The third-order valence-corrected chi connectivity index (χ3v) is 5.67. The molecule has 2 aromatic rings. The van der Waals surface area contributed by atoms with Gasteiger partial charge < -0.3 is 5.73 Å². The quantitative estimate of drug-likeness (QED) is 0.853. The molecule has 1 aromatic heterocycles. The molecule has 3 N–H and O–H groups in total. The highest BCUT2D eigenvalue weighted by Crippen LogP contribution is 2.24. The first-order valence-corrected chi connectivity index (χ1v) is 8.61. The number of sulfonamides is 1. The normalized spacial score (nSPS) is 10.8. The van der Waals surface area contributed by atoms with Gasteiger partial charge in [-0.05, 0) is 43.7 Å². The standard InChI is InChI=1S/C15H16N2O2S2/c1-11-5-7-14(10-13(11)4-3-9-16)17-21(18,19)15-8-6-12(2)20-15/h5-8,10,17H,9,16H2,1-2H3. The largest absolute Gasteiger partial charge is 0.320 e. The van der Waals surface area contributed by atoms with Crippen molar-refractivity contribution < 1.29 is 8.42 Å². The van der Waals surface area contributed by atoms with Crippen LogP contribution < -0.4 is 10.5 Å². The van der Waals surface area contributed by atoms with Crippen LogP contribution in [0.2, 0.25) is 0 Å². The molecule has 0 saturated heterocycles. The van der Waals surface area contributed by atoms with Crippen molar-refractivity contribution >= 4 is 27.0 Å². The summed E-state index contributed by atoms with van der Waals surface area (Å²) in [7, 11) is -3.55. The smallest absolute Gasteiger partial charge is 0.271 e. The Morgan fingerprint density at radius 1 is 1.24 bits per heavy atom. The fourth-order valence-corrected chi connectivity index (χ4v) is 4.06. The monoisotopic (exact) mass is 320 g/mol. The van der Waals surface area contributed by atoms with E-state index in [0.717, 1.165) is 16.0 Å². The minimum Gasteiger partial charge on any atom is -0.320 e. The average molecular weight is 320 g/mol. The number of hydrogen-bond donors (Lipinski definition) is 2. The molecule has 0 fully saturated rings. The zero-order chi connectivity index (χ0) is 15.5. The van der Waals surface area contributed by atoms with Gasteiger partial charge in [0.2, 0.25) is 0 Å². The molecule has 0 unspecified atom stereocenters. The van der Waals surface area contributed by atoms with Crippen molar-refractivity contribution in [2.24, 2.45) is 5.73 Å². The first kappa shape index (κ1) is 15.6. The van der Waals surface area contributed by atoms with E-state index in [1.165, 1.54) is 11.3 Å². The summed E-state index contributed by atoms with van der Waals surface area (Å²) in [5, 5.41) is 0. The summed E-state index contributed by atoms with van der Waals surface area (Å²) in [6, 6.07) is 8.66. The molecule has 0 saturated carbocycles. The number of thiophene rings is 1. The van der Waals surface area contributed by atoms with Crippen LogP contribution in [0.1, 0.15) is 16.0 Å². The molecule has 21 heavy (non-hydrogen) atoms. The van der Waals surface area contributed by atoms with Crippen molar-refractivity contribution in [1.82, 2.24) is 0 Å². The molecule has 0 aliphatic heterocycles. The predicted molar refractivity (Wildman–Crippen MR) is 87.0 cm³/mol. The lowest BCUT2D eigenvalue weighted by Gasteiger charge is -2.08. The maximum Gasteiger partial charge on any atom is 0.271 e. The van der Waals surface area contributed by atoms with Crippen LogP contribution in [-0.2, 0) is 10.0 Å². The number of nitrogens with two attached hydrogens (primary N) is 1. The van der Waals surface area contributed by atoms with Gasteiger partial charge in [0.05, 0.1) is 12.2 Å². The fraction of sp³-hybridized carbons (Fsp3) is 0.200. The molecule has 0 radical (unpaired) electrons. The highest BCUT2D eigenvalue weighted by atomic mass is 32.2. The average Bonchev–Trinajstić information content (AvgIpc) is 2.86. The molecule has 2 rings (SSSR count). The molecule has 0 aliphatic carbocycles. The molecule has 1 heterocycles. The van der Waals surface area contributed by atoms with Crippen molar-refractivity contribution in [2.75, 3.05) is 11.3 Å². The van der Waals surface area contributed by atoms with Gasteiger partial charge in [-0.25, -0.2) is 8.42 Å². The summed E-state index contributed by atoms with van der Waals surface area (Å²) in [6.07, 6.45) is 0. The molecule has 0 amide bonds. The summed E-state index contributed by atoms with van der Waals surface area (Å²) >= 11 is 1.24. The van der Waals surface area contributed by atoms with E-state index in [1.54, 1.807) is 24.3 Å². The summed E-state index contributed by atoms with van der Waals surface area (Å²) in [6.45, 7) is 4.06. The number of anilines is 1. The Hall–Kier alpha value is -1.81. The van der Waals surface area contributed by atoms with Crippen molar-refractivity contribution in [3.63, 3.8) is 0 Å². The molecular formula is C15H16N2O2S2. The van der Waals surface area contributed by atoms with E-state index in [-0.39, 0.29) is 6.54 Å². The third-order valence-electron chi connectivity index (χ3n) is 2.80. The van der Waals surface area contributed by atoms with Crippen molar-refractivity contribution in [2.45, 2.75) is 18.1 Å². The molecular weight excluding hydrogens is 304 g/mol. The summed E-state index contributed by atoms with van der Waals surface area (Å²) in [5.41, 5.74) is 7.60. The number of hydrogen-bond acceptors (Lipinski definition) is 4. The number of benzene rings is 1. The van der Waals surface area contributed by atoms with E-state index in [2.05, 4.69) is 16.6 Å². The second-order valence-electron chi connectivity index (χ2n) is 4.51. The Morgan fingerprint density at radius 3 is 2.62 bits per heavy atom. The van der Waals surface area contributed by atoms with Crippen LogP contribution in [0.4, 0.5) is 5.69 Å². The van der Waals surface area contributed by atoms with Crippen molar-refractivity contribution in [3.8, 4) is 11.8 Å². The minimum atomic E-state index is -3.55. The maximum atomic E-state index is 12.3. The zero-order valence-electron chi connectivity index (χ0n) is 11.8. The topological polar surface area (TPSA) is 72.2 Å². The van der Waals surface area contributed by atoms with Crippen LogP contribution in [0.3, 0.4) is 0 Å². The Kier molecular flexibility index (Phi) is 4.68. The van der Waals surface area contributed by atoms with Gasteiger partial charge in [-0.15, -0.1) is 11.3 Å². The van der Waals surface area contributed by atoms with Gasteiger partial charge >= 0.3 is 0 Å². The van der Waals surface area contributed by atoms with Gasteiger partial charge in [0.1, 0.15) is 4.21 Å². The second-order valence-corrected chi connectivity index (χ2v) is 7.70. The van der Waals surface area contributed by atoms with Crippen LogP contribution >= 0.6 is 11.3 Å². The highest BCUT2D eigenvalue weighted by Gasteiger charge is 2.16. The summed E-state index contributed by atoms with van der Waals surface area (Å²) in [5.74, 6) is 5.71. The van der Waals surface area contributed by atoms with E-state index < -0.39 is 10.0 Å². The summed E-state index contributed by atoms with van der Waals surface area (Å²) < 4.78 is 27.4. The molecule has 0 spiro atoms. The SMILES string of the molecule is Cc1ccc(S(=O)(=O)Nc2ccc(C)c(C#CCN)c2)s1. The van der Waals surface area contributed by atoms with E-state index in [1.807, 2.05) is 19.9 Å². The predicted octanol–water partition coefficient (Wildman–Crippen LogP) is 2.48. The zero-order valence-corrected chi connectivity index (χ0v) is 13.4. The maximum absolute atomic E-state index is 12.3. The first-order chi connectivity index (χ1) is 9.92. The van der Waals surface area contributed by atoms with E-state index in [4.69, 9.17) is 5.73 Å². The van der Waals surface area contributed by atoms with Gasteiger partial charge in [-0.3, -0.25) is 4.72 Å². The fourth-order valence-electron chi connectivity index (χ4n) is 1.73. The Morgan fingerprint density at radius 2 is 2.00 bits per heavy atom. The van der Waals surface area contributed by atoms with E-state index >= 15 is 0 Å². The van der Waals surface area contributed by atoms with Gasteiger partial charge in [-0.2, -0.15) is 0 Å². The van der Waals surface area contributed by atoms with Crippen molar-refractivity contribution in [3.05, 3.63) is 46.3 Å². The van der Waals surface area contributed by atoms with Crippen LogP contribution in [0.15, 0.2) is 34.5 Å². The van der Waals surface area contributed by atoms with Crippen LogP contribution in [0.5, 0.6) is 0 Å². The lowest BCUT2D eigenvalue weighted by atomic mass is 10.1. The van der Waals surface area contributed by atoms with Gasteiger partial charge in [-0.1, -0.05) is 17.9 Å². The summed E-state index contributed by atoms with van der Waals surface area (Å²) in [4.78, 5) is 0.953. The first-order valence-electron chi connectivity index (χ1n) is 6.31. The Bertz CT molecular complexity index is 812. The van der Waals surface area contributed by atoms with Crippen LogP contribution in [0.25, 0.3) is 0 Å². The van der Waals surface area contributed by atoms with Crippen LogP contribution in [-0.4, -0.2) is 15.0 Å². The van der Waals surface area contributed by atoms with Gasteiger partial charge in [0.15, 0.2) is 0 Å². The van der Waals surface area contributed by atoms with Gasteiger partial charge in [0.25, 0.3) is 10.0 Å². The Labute approximate surface area is 129 Å². The molecule has 110 valence electrons. The molecule has 4 nitrogen and oxygen atoms in total. The molecule has 1 aromatic carbocycles.